The number of hydrogen-bond acceptors (Lipinski definition) is 3. The lowest BCUT2D eigenvalue weighted by molar-refractivity contribution is 0.0683. The van der Waals surface area contributed by atoms with E-state index < -0.39 is 11.7 Å². The van der Waals surface area contributed by atoms with Crippen LogP contribution in [0.25, 0.3) is 5.69 Å². The molecule has 0 atom stereocenters. The first-order chi connectivity index (χ1) is 7.99. The molecule has 0 bridgehead atoms. The highest BCUT2D eigenvalue weighted by Crippen LogP contribution is 2.12. The highest BCUT2D eigenvalue weighted by atomic mass is 16.4. The molecule has 88 valence electrons. The lowest BCUT2D eigenvalue weighted by atomic mass is 10.1. The largest absolute Gasteiger partial charge is 0.475 e. The van der Waals surface area contributed by atoms with Crippen molar-refractivity contribution in [2.75, 3.05) is 0 Å². The summed E-state index contributed by atoms with van der Waals surface area (Å²) in [7, 11) is 0. The lowest BCUT2D eigenvalue weighted by Crippen LogP contribution is -2.16. The highest BCUT2D eigenvalue weighted by molar-refractivity contribution is 5.82. The van der Waals surface area contributed by atoms with Crippen molar-refractivity contribution in [2.24, 2.45) is 0 Å². The molecule has 6 nitrogen and oxygen atoms in total. The normalized spacial score (nSPS) is 10.5. The number of carboxylic acid groups (broad SMARTS) is 1. The Labute approximate surface area is 96.5 Å². The molecule has 6 heteroatoms. The van der Waals surface area contributed by atoms with E-state index in [2.05, 4.69) is 10.1 Å². The number of nitrogens with zero attached hydrogens (tertiary/aromatic N) is 2. The van der Waals surface area contributed by atoms with Crippen molar-refractivity contribution in [2.45, 2.75) is 13.8 Å². The molecular weight excluding hydrogens is 222 g/mol. The van der Waals surface area contributed by atoms with Gasteiger partial charge < -0.3 is 5.11 Å². The molecule has 0 unspecified atom stereocenters. The van der Waals surface area contributed by atoms with E-state index in [-0.39, 0.29) is 5.82 Å². The van der Waals surface area contributed by atoms with Gasteiger partial charge in [0.2, 0.25) is 5.82 Å². The van der Waals surface area contributed by atoms with Gasteiger partial charge in [-0.3, -0.25) is 4.98 Å². The van der Waals surface area contributed by atoms with Gasteiger partial charge in [0.25, 0.3) is 0 Å². The van der Waals surface area contributed by atoms with E-state index in [1.54, 1.807) is 6.07 Å². The van der Waals surface area contributed by atoms with Gasteiger partial charge >= 0.3 is 11.7 Å². The standard InChI is InChI=1S/C11H11N3O3/c1-6-3-4-8(7(2)5-6)14-11(17)12-9(13-14)10(15)16/h3-5H,1-2H3,(H,15,16)(H,12,13,17). The number of aromatic nitrogens is 3. The van der Waals surface area contributed by atoms with E-state index in [1.807, 2.05) is 26.0 Å². The van der Waals surface area contributed by atoms with Gasteiger partial charge in [-0.25, -0.2) is 9.59 Å². The SMILES string of the molecule is Cc1ccc(-n2nc(C(=O)O)[nH]c2=O)c(C)c1. The van der Waals surface area contributed by atoms with E-state index in [0.29, 0.717) is 5.69 Å². The van der Waals surface area contributed by atoms with E-state index in [4.69, 9.17) is 5.11 Å². The quantitative estimate of drug-likeness (QED) is 0.805. The summed E-state index contributed by atoms with van der Waals surface area (Å²) in [5.41, 5.74) is 1.93. The first kappa shape index (κ1) is 11.1. The van der Waals surface area contributed by atoms with Crippen molar-refractivity contribution in [3.05, 3.63) is 45.6 Å². The van der Waals surface area contributed by atoms with Crippen LogP contribution in [-0.4, -0.2) is 25.8 Å². The number of carboxylic acids is 1. The van der Waals surface area contributed by atoms with Gasteiger partial charge in [-0.05, 0) is 25.5 Å². The lowest BCUT2D eigenvalue weighted by Gasteiger charge is -2.04. The molecule has 1 heterocycles. The fourth-order valence-electron chi connectivity index (χ4n) is 1.63. The number of nitrogens with one attached hydrogen (secondary N) is 1. The van der Waals surface area contributed by atoms with Gasteiger partial charge in [-0.1, -0.05) is 17.7 Å². The van der Waals surface area contributed by atoms with Crippen LogP contribution >= 0.6 is 0 Å². The van der Waals surface area contributed by atoms with Crippen molar-refractivity contribution in [3.63, 3.8) is 0 Å². The van der Waals surface area contributed by atoms with Crippen LogP contribution in [0, 0.1) is 13.8 Å². The summed E-state index contributed by atoms with van der Waals surface area (Å²) in [6, 6.07) is 5.47. The summed E-state index contributed by atoms with van der Waals surface area (Å²) < 4.78 is 1.05. The van der Waals surface area contributed by atoms with E-state index in [0.717, 1.165) is 15.8 Å². The zero-order chi connectivity index (χ0) is 12.6. The molecule has 0 saturated heterocycles. The van der Waals surface area contributed by atoms with Crippen LogP contribution < -0.4 is 5.69 Å². The van der Waals surface area contributed by atoms with Gasteiger partial charge in [-0.15, -0.1) is 5.10 Å². The van der Waals surface area contributed by atoms with Gasteiger partial charge in [-0.2, -0.15) is 4.68 Å². The van der Waals surface area contributed by atoms with Gasteiger partial charge in [0.1, 0.15) is 0 Å². The monoisotopic (exact) mass is 233 g/mol. The smallest absolute Gasteiger partial charge is 0.373 e. The molecule has 2 rings (SSSR count). The molecule has 0 aliphatic carbocycles. The van der Waals surface area contributed by atoms with Gasteiger partial charge in [0, 0.05) is 0 Å². The molecular formula is C11H11N3O3. The second kappa shape index (κ2) is 3.89. The fraction of sp³-hybridized carbons (Fsp3) is 0.182. The minimum absolute atomic E-state index is 0.366. The molecule has 0 aliphatic rings. The minimum Gasteiger partial charge on any atom is -0.475 e. The average Bonchev–Trinajstić information content (AvgIpc) is 2.61. The average molecular weight is 233 g/mol. The third-order valence-corrected chi connectivity index (χ3v) is 2.40. The van der Waals surface area contributed by atoms with Crippen LogP contribution in [0.15, 0.2) is 23.0 Å². The Balaban J connectivity index is 2.60. The van der Waals surface area contributed by atoms with Crippen molar-refractivity contribution >= 4 is 5.97 Å². The number of aromatic carboxylic acids is 1. The maximum absolute atomic E-state index is 11.6. The van der Waals surface area contributed by atoms with E-state index in [9.17, 15) is 9.59 Å². The number of aryl methyl sites for hydroxylation is 2. The third-order valence-electron chi connectivity index (χ3n) is 2.40. The molecule has 0 saturated carbocycles. The predicted molar refractivity (Wildman–Crippen MR) is 60.6 cm³/mol. The van der Waals surface area contributed by atoms with Crippen LogP contribution in [0.2, 0.25) is 0 Å². The number of aromatic amines is 1. The summed E-state index contributed by atoms with van der Waals surface area (Å²) in [6.07, 6.45) is 0. The van der Waals surface area contributed by atoms with Crippen LogP contribution in [0.4, 0.5) is 0 Å². The Morgan fingerprint density at radius 2 is 2.12 bits per heavy atom. The van der Waals surface area contributed by atoms with E-state index >= 15 is 0 Å². The number of hydrogen-bond donors (Lipinski definition) is 2. The molecule has 0 spiro atoms. The molecule has 2 aromatic rings. The summed E-state index contributed by atoms with van der Waals surface area (Å²) in [5, 5.41) is 12.5. The Morgan fingerprint density at radius 1 is 1.41 bits per heavy atom. The second-order valence-corrected chi connectivity index (χ2v) is 3.79. The summed E-state index contributed by atoms with van der Waals surface area (Å²) in [6.45, 7) is 3.77. The first-order valence-corrected chi connectivity index (χ1v) is 4.99. The Morgan fingerprint density at radius 3 is 2.65 bits per heavy atom. The zero-order valence-corrected chi connectivity index (χ0v) is 9.39. The Kier molecular flexibility index (Phi) is 2.55. The third kappa shape index (κ3) is 1.96. The topological polar surface area (TPSA) is 88.0 Å². The molecule has 0 amide bonds. The maximum atomic E-state index is 11.6. The van der Waals surface area contributed by atoms with E-state index in [1.165, 1.54) is 0 Å². The summed E-state index contributed by atoms with van der Waals surface area (Å²) in [5.74, 6) is -1.62. The van der Waals surface area contributed by atoms with Crippen LogP contribution in [0.3, 0.4) is 0 Å². The molecule has 1 aromatic heterocycles. The fourth-order valence-corrected chi connectivity index (χ4v) is 1.63. The van der Waals surface area contributed by atoms with Gasteiger partial charge in [0.15, 0.2) is 0 Å². The zero-order valence-electron chi connectivity index (χ0n) is 9.39. The second-order valence-electron chi connectivity index (χ2n) is 3.79. The van der Waals surface area contributed by atoms with Crippen molar-refractivity contribution < 1.29 is 9.90 Å². The highest BCUT2D eigenvalue weighted by Gasteiger charge is 2.13. The number of rotatable bonds is 2. The summed E-state index contributed by atoms with van der Waals surface area (Å²) in [4.78, 5) is 24.4. The molecule has 0 fully saturated rings. The van der Waals surface area contributed by atoms with Crippen LogP contribution in [0.1, 0.15) is 21.7 Å². The minimum atomic E-state index is -1.26. The first-order valence-electron chi connectivity index (χ1n) is 4.99. The van der Waals surface area contributed by atoms with Crippen LogP contribution in [0.5, 0.6) is 0 Å². The Hall–Kier alpha value is -2.37. The summed E-state index contributed by atoms with van der Waals surface area (Å²) >= 11 is 0. The number of benzene rings is 1. The molecule has 2 N–H and O–H groups in total. The number of H-pyrrole nitrogens is 1. The molecule has 17 heavy (non-hydrogen) atoms. The molecule has 0 radical (unpaired) electrons. The predicted octanol–water partition coefficient (Wildman–Crippen LogP) is 0.876. The van der Waals surface area contributed by atoms with Crippen molar-refractivity contribution in [1.82, 2.24) is 14.8 Å². The molecule has 1 aromatic carbocycles. The maximum Gasteiger partial charge on any atom is 0.373 e. The van der Waals surface area contributed by atoms with Crippen molar-refractivity contribution in [3.8, 4) is 5.69 Å². The molecule has 0 aliphatic heterocycles. The van der Waals surface area contributed by atoms with Crippen LogP contribution in [-0.2, 0) is 0 Å². The van der Waals surface area contributed by atoms with Gasteiger partial charge in [0.05, 0.1) is 5.69 Å². The Bertz CT molecular complexity index is 640. The number of carbonyl (C=O) groups is 1. The van der Waals surface area contributed by atoms with Crippen molar-refractivity contribution in [1.29, 1.82) is 0 Å².